The highest BCUT2D eigenvalue weighted by Gasteiger charge is 2.13. The van der Waals surface area contributed by atoms with Crippen molar-refractivity contribution in [3.05, 3.63) is 40.7 Å². The van der Waals surface area contributed by atoms with E-state index in [1.165, 1.54) is 18.5 Å². The minimum atomic E-state index is -0.428. The van der Waals surface area contributed by atoms with Crippen molar-refractivity contribution in [2.24, 2.45) is 5.84 Å². The number of fused-ring (bicyclic) bond motifs is 1. The number of nitrogens with two attached hydrogens (primary N) is 1. The van der Waals surface area contributed by atoms with Gasteiger partial charge >= 0.3 is 0 Å². The van der Waals surface area contributed by atoms with Crippen LogP contribution >= 0.6 is 0 Å². The largest absolute Gasteiger partial charge is 0.323 e. The molecule has 1 aromatic heterocycles. The van der Waals surface area contributed by atoms with E-state index >= 15 is 0 Å². The lowest BCUT2D eigenvalue weighted by Crippen LogP contribution is -2.07. The molecule has 0 atom stereocenters. The maximum atomic E-state index is 10.7. The summed E-state index contributed by atoms with van der Waals surface area (Å²) in [5.74, 6) is 5.29. The molecule has 0 bridgehead atoms. The fourth-order valence-corrected chi connectivity index (χ4v) is 1.46. The zero-order chi connectivity index (χ0) is 10.8. The highest BCUT2D eigenvalue weighted by Crippen LogP contribution is 2.29. The standard InChI is InChI=1S/C9H8N4O2/c10-12-8-1-2-9(13(14)15)6-3-4-11-5-7(6)8/h1-5,12H,10H2. The predicted molar refractivity (Wildman–Crippen MR) is 56.2 cm³/mol. The Labute approximate surface area is 84.8 Å². The number of nitro groups is 1. The first-order valence-electron chi connectivity index (χ1n) is 4.22. The number of aromatic nitrogens is 1. The Balaban J connectivity index is 2.83. The van der Waals surface area contributed by atoms with Gasteiger partial charge in [-0.1, -0.05) is 0 Å². The van der Waals surface area contributed by atoms with Crippen LogP contribution < -0.4 is 11.3 Å². The molecule has 0 saturated heterocycles. The molecular weight excluding hydrogens is 196 g/mol. The Bertz CT molecular complexity index is 527. The zero-order valence-electron chi connectivity index (χ0n) is 7.68. The first-order valence-corrected chi connectivity index (χ1v) is 4.22. The van der Waals surface area contributed by atoms with Gasteiger partial charge in [0.2, 0.25) is 0 Å². The molecule has 0 radical (unpaired) electrons. The lowest BCUT2D eigenvalue weighted by Gasteiger charge is -2.04. The summed E-state index contributed by atoms with van der Waals surface area (Å²) in [7, 11) is 0. The van der Waals surface area contributed by atoms with E-state index in [1.807, 2.05) is 0 Å². The molecule has 0 fully saturated rings. The van der Waals surface area contributed by atoms with Gasteiger partial charge in [-0.05, 0) is 12.1 Å². The zero-order valence-corrected chi connectivity index (χ0v) is 7.68. The predicted octanol–water partition coefficient (Wildman–Crippen LogP) is 1.43. The van der Waals surface area contributed by atoms with Crippen molar-refractivity contribution in [3.63, 3.8) is 0 Å². The molecule has 6 nitrogen and oxygen atoms in total. The van der Waals surface area contributed by atoms with Crippen LogP contribution in [-0.4, -0.2) is 9.91 Å². The molecule has 0 aliphatic heterocycles. The number of hydrogen-bond acceptors (Lipinski definition) is 5. The van der Waals surface area contributed by atoms with Crippen molar-refractivity contribution >= 4 is 22.1 Å². The SMILES string of the molecule is NNc1ccc([N+](=O)[O-])c2ccncc12. The average Bonchev–Trinajstić information content (AvgIpc) is 2.27. The third-order valence-electron chi connectivity index (χ3n) is 2.15. The van der Waals surface area contributed by atoms with E-state index in [0.29, 0.717) is 16.5 Å². The molecule has 6 heteroatoms. The van der Waals surface area contributed by atoms with E-state index in [1.54, 1.807) is 12.1 Å². The lowest BCUT2D eigenvalue weighted by molar-refractivity contribution is -0.383. The Morgan fingerprint density at radius 3 is 2.80 bits per heavy atom. The van der Waals surface area contributed by atoms with Crippen LogP contribution in [0.4, 0.5) is 11.4 Å². The maximum Gasteiger partial charge on any atom is 0.277 e. The van der Waals surface area contributed by atoms with Crippen LogP contribution in [0.25, 0.3) is 10.8 Å². The van der Waals surface area contributed by atoms with Gasteiger partial charge in [0.15, 0.2) is 0 Å². The van der Waals surface area contributed by atoms with Crippen molar-refractivity contribution in [1.82, 2.24) is 4.98 Å². The molecular formula is C9H8N4O2. The van der Waals surface area contributed by atoms with Crippen LogP contribution in [0.15, 0.2) is 30.6 Å². The number of hydrazine groups is 1. The van der Waals surface area contributed by atoms with E-state index in [9.17, 15) is 10.1 Å². The molecule has 76 valence electrons. The minimum absolute atomic E-state index is 0.0476. The number of nitrogen functional groups attached to an aromatic ring is 1. The second kappa shape index (κ2) is 3.50. The van der Waals surface area contributed by atoms with Crippen LogP contribution in [0, 0.1) is 10.1 Å². The number of hydrogen-bond donors (Lipinski definition) is 2. The summed E-state index contributed by atoms with van der Waals surface area (Å²) in [6.07, 6.45) is 3.05. The Morgan fingerprint density at radius 2 is 2.13 bits per heavy atom. The molecule has 3 N–H and O–H groups in total. The Hall–Kier alpha value is -2.21. The summed E-state index contributed by atoms with van der Waals surface area (Å²) in [5.41, 5.74) is 3.14. The monoisotopic (exact) mass is 204 g/mol. The summed E-state index contributed by atoms with van der Waals surface area (Å²) in [4.78, 5) is 14.2. The highest BCUT2D eigenvalue weighted by atomic mass is 16.6. The van der Waals surface area contributed by atoms with E-state index in [4.69, 9.17) is 5.84 Å². The van der Waals surface area contributed by atoms with Crippen LogP contribution in [0.5, 0.6) is 0 Å². The van der Waals surface area contributed by atoms with Crippen molar-refractivity contribution in [1.29, 1.82) is 0 Å². The molecule has 1 heterocycles. The smallest absolute Gasteiger partial charge is 0.277 e. The second-order valence-corrected chi connectivity index (χ2v) is 2.95. The van der Waals surface area contributed by atoms with Crippen LogP contribution in [0.1, 0.15) is 0 Å². The van der Waals surface area contributed by atoms with Crippen molar-refractivity contribution in [3.8, 4) is 0 Å². The number of benzene rings is 1. The van der Waals surface area contributed by atoms with Gasteiger partial charge < -0.3 is 5.43 Å². The van der Waals surface area contributed by atoms with Crippen molar-refractivity contribution in [2.75, 3.05) is 5.43 Å². The van der Waals surface area contributed by atoms with Crippen LogP contribution in [0.2, 0.25) is 0 Å². The van der Waals surface area contributed by atoms with E-state index in [2.05, 4.69) is 10.4 Å². The van der Waals surface area contributed by atoms with E-state index < -0.39 is 4.92 Å². The molecule has 0 aliphatic rings. The topological polar surface area (TPSA) is 94.1 Å². The summed E-state index contributed by atoms with van der Waals surface area (Å²) in [6.45, 7) is 0. The van der Waals surface area contributed by atoms with Crippen LogP contribution in [-0.2, 0) is 0 Å². The van der Waals surface area contributed by atoms with E-state index in [-0.39, 0.29) is 5.69 Å². The summed E-state index contributed by atoms with van der Waals surface area (Å²) in [6, 6.07) is 4.56. The van der Waals surface area contributed by atoms with Crippen molar-refractivity contribution < 1.29 is 4.92 Å². The second-order valence-electron chi connectivity index (χ2n) is 2.95. The Morgan fingerprint density at radius 1 is 1.33 bits per heavy atom. The van der Waals surface area contributed by atoms with Gasteiger partial charge in [0.25, 0.3) is 5.69 Å². The third kappa shape index (κ3) is 1.46. The molecule has 0 amide bonds. The number of anilines is 1. The summed E-state index contributed by atoms with van der Waals surface area (Å²) in [5, 5.41) is 11.9. The van der Waals surface area contributed by atoms with Crippen LogP contribution in [0.3, 0.4) is 0 Å². The van der Waals surface area contributed by atoms with Gasteiger partial charge in [-0.3, -0.25) is 20.9 Å². The van der Waals surface area contributed by atoms with Gasteiger partial charge in [-0.25, -0.2) is 0 Å². The number of nitrogens with zero attached hydrogens (tertiary/aromatic N) is 2. The normalized spacial score (nSPS) is 10.2. The molecule has 15 heavy (non-hydrogen) atoms. The first-order chi connectivity index (χ1) is 7.24. The van der Waals surface area contributed by atoms with Gasteiger partial charge in [0.1, 0.15) is 0 Å². The number of pyridine rings is 1. The van der Waals surface area contributed by atoms with Gasteiger partial charge in [-0.15, -0.1) is 0 Å². The average molecular weight is 204 g/mol. The first kappa shape index (κ1) is 9.35. The number of nitro benzene ring substituents is 1. The lowest BCUT2D eigenvalue weighted by atomic mass is 10.1. The summed E-state index contributed by atoms with van der Waals surface area (Å²) < 4.78 is 0. The fraction of sp³-hybridized carbons (Fsp3) is 0. The van der Waals surface area contributed by atoms with Gasteiger partial charge in [-0.2, -0.15) is 0 Å². The quantitative estimate of drug-likeness (QED) is 0.438. The van der Waals surface area contributed by atoms with Gasteiger partial charge in [0, 0.05) is 23.8 Å². The number of rotatable bonds is 2. The highest BCUT2D eigenvalue weighted by molar-refractivity contribution is 5.98. The number of non-ortho nitro benzene ring substituents is 1. The third-order valence-corrected chi connectivity index (χ3v) is 2.15. The maximum absolute atomic E-state index is 10.7. The fourth-order valence-electron chi connectivity index (χ4n) is 1.46. The molecule has 0 saturated carbocycles. The minimum Gasteiger partial charge on any atom is -0.323 e. The van der Waals surface area contributed by atoms with Gasteiger partial charge in [0.05, 0.1) is 16.0 Å². The summed E-state index contributed by atoms with van der Waals surface area (Å²) >= 11 is 0. The number of nitrogens with one attached hydrogen (secondary N) is 1. The Kier molecular flexibility index (Phi) is 2.18. The van der Waals surface area contributed by atoms with Crippen molar-refractivity contribution in [2.45, 2.75) is 0 Å². The molecule has 2 rings (SSSR count). The molecule has 0 unspecified atom stereocenters. The van der Waals surface area contributed by atoms with E-state index in [0.717, 1.165) is 0 Å². The molecule has 2 aromatic rings. The molecule has 0 spiro atoms. The molecule has 1 aromatic carbocycles. The molecule has 0 aliphatic carbocycles.